The van der Waals surface area contributed by atoms with Crippen LogP contribution in [0.3, 0.4) is 0 Å². The standard InChI is InChI=1S/C19H18F3NO2/c1-23-17(13-6-3-2-4-7-13)11-16(25-23)12-18(24)14-8-5-9-15(10-14)19(20,21)22/h2-10,16-17H,11-12H2,1H3. The fourth-order valence-corrected chi connectivity index (χ4v) is 3.08. The fourth-order valence-electron chi connectivity index (χ4n) is 3.08. The molecule has 0 aliphatic carbocycles. The van der Waals surface area contributed by atoms with Crippen LogP contribution in [-0.4, -0.2) is 24.0 Å². The molecule has 0 radical (unpaired) electrons. The van der Waals surface area contributed by atoms with Crippen LogP contribution in [0.4, 0.5) is 13.2 Å². The lowest BCUT2D eigenvalue weighted by Gasteiger charge is -2.17. The molecule has 2 aromatic rings. The molecule has 0 saturated carbocycles. The summed E-state index contributed by atoms with van der Waals surface area (Å²) in [5.74, 6) is -0.349. The zero-order valence-corrected chi connectivity index (χ0v) is 13.7. The van der Waals surface area contributed by atoms with Crippen LogP contribution >= 0.6 is 0 Å². The van der Waals surface area contributed by atoms with E-state index in [1.165, 1.54) is 12.1 Å². The van der Waals surface area contributed by atoms with Gasteiger partial charge in [-0.1, -0.05) is 42.5 Å². The van der Waals surface area contributed by atoms with E-state index in [0.717, 1.165) is 17.7 Å². The molecule has 1 saturated heterocycles. The first-order valence-electron chi connectivity index (χ1n) is 7.99. The predicted molar refractivity (Wildman–Crippen MR) is 86.8 cm³/mol. The molecule has 1 fully saturated rings. The number of hydrogen-bond acceptors (Lipinski definition) is 3. The Bertz CT molecular complexity index is 746. The molecule has 0 aromatic heterocycles. The number of benzene rings is 2. The summed E-state index contributed by atoms with van der Waals surface area (Å²) in [4.78, 5) is 18.1. The van der Waals surface area contributed by atoms with Gasteiger partial charge in [-0.2, -0.15) is 18.2 Å². The Morgan fingerprint density at radius 3 is 2.56 bits per heavy atom. The second-order valence-corrected chi connectivity index (χ2v) is 6.14. The van der Waals surface area contributed by atoms with Gasteiger partial charge < -0.3 is 0 Å². The Morgan fingerprint density at radius 2 is 1.88 bits per heavy atom. The van der Waals surface area contributed by atoms with Gasteiger partial charge in [0, 0.05) is 19.0 Å². The Morgan fingerprint density at radius 1 is 1.16 bits per heavy atom. The Kier molecular flexibility index (Phi) is 4.92. The summed E-state index contributed by atoms with van der Waals surface area (Å²) >= 11 is 0. The van der Waals surface area contributed by atoms with Gasteiger partial charge in [-0.05, 0) is 24.1 Å². The first kappa shape index (κ1) is 17.6. The van der Waals surface area contributed by atoms with Crippen molar-refractivity contribution in [1.29, 1.82) is 0 Å². The zero-order valence-electron chi connectivity index (χ0n) is 13.7. The molecule has 0 bridgehead atoms. The van der Waals surface area contributed by atoms with Crippen molar-refractivity contribution in [2.75, 3.05) is 7.05 Å². The highest BCUT2D eigenvalue weighted by atomic mass is 19.4. The van der Waals surface area contributed by atoms with Crippen LogP contribution in [0.15, 0.2) is 54.6 Å². The van der Waals surface area contributed by atoms with Crippen LogP contribution in [0.5, 0.6) is 0 Å². The van der Waals surface area contributed by atoms with E-state index in [4.69, 9.17) is 4.84 Å². The maximum absolute atomic E-state index is 12.8. The van der Waals surface area contributed by atoms with E-state index in [2.05, 4.69) is 0 Å². The van der Waals surface area contributed by atoms with Crippen molar-refractivity contribution in [3.63, 3.8) is 0 Å². The predicted octanol–water partition coefficient (Wildman–Crippen LogP) is 4.66. The molecule has 0 N–H and O–H groups in total. The van der Waals surface area contributed by atoms with Crippen molar-refractivity contribution in [2.24, 2.45) is 0 Å². The molecule has 2 unspecified atom stereocenters. The summed E-state index contributed by atoms with van der Waals surface area (Å²) in [5, 5.41) is 1.71. The second-order valence-electron chi connectivity index (χ2n) is 6.14. The number of hydroxylamine groups is 2. The maximum atomic E-state index is 12.8. The van der Waals surface area contributed by atoms with E-state index in [0.29, 0.717) is 6.42 Å². The Labute approximate surface area is 144 Å². The molecular formula is C19H18F3NO2. The largest absolute Gasteiger partial charge is 0.416 e. The summed E-state index contributed by atoms with van der Waals surface area (Å²) < 4.78 is 38.4. The summed E-state index contributed by atoms with van der Waals surface area (Å²) in [5.41, 5.74) is 0.327. The fraction of sp³-hybridized carbons (Fsp3) is 0.316. The summed E-state index contributed by atoms with van der Waals surface area (Å²) in [6.07, 6.45) is -4.14. The van der Waals surface area contributed by atoms with Gasteiger partial charge in [0.25, 0.3) is 0 Å². The van der Waals surface area contributed by atoms with Crippen LogP contribution in [0, 0.1) is 0 Å². The Hall–Kier alpha value is -2.18. The lowest BCUT2D eigenvalue weighted by atomic mass is 9.97. The molecule has 3 nitrogen and oxygen atoms in total. The molecule has 2 aromatic carbocycles. The van der Waals surface area contributed by atoms with Crippen molar-refractivity contribution < 1.29 is 22.8 Å². The van der Waals surface area contributed by atoms with E-state index in [9.17, 15) is 18.0 Å². The smallest absolute Gasteiger partial charge is 0.295 e. The van der Waals surface area contributed by atoms with Crippen LogP contribution in [0.1, 0.15) is 40.4 Å². The highest BCUT2D eigenvalue weighted by Gasteiger charge is 2.34. The van der Waals surface area contributed by atoms with Gasteiger partial charge in [-0.15, -0.1) is 0 Å². The van der Waals surface area contributed by atoms with Crippen molar-refractivity contribution in [2.45, 2.75) is 31.2 Å². The van der Waals surface area contributed by atoms with Gasteiger partial charge in [-0.25, -0.2) is 0 Å². The number of hydrogen-bond donors (Lipinski definition) is 0. The van der Waals surface area contributed by atoms with Crippen molar-refractivity contribution in [3.05, 3.63) is 71.3 Å². The van der Waals surface area contributed by atoms with E-state index in [1.807, 2.05) is 30.3 Å². The number of rotatable bonds is 4. The second kappa shape index (κ2) is 6.98. The van der Waals surface area contributed by atoms with Crippen LogP contribution in [0.2, 0.25) is 0 Å². The van der Waals surface area contributed by atoms with Gasteiger partial charge in [0.05, 0.1) is 17.7 Å². The molecule has 0 spiro atoms. The molecular weight excluding hydrogens is 331 g/mol. The van der Waals surface area contributed by atoms with Crippen LogP contribution in [-0.2, 0) is 11.0 Å². The summed E-state index contributed by atoms with van der Waals surface area (Å²) in [6, 6.07) is 14.3. The Balaban J connectivity index is 1.68. The molecule has 1 heterocycles. The van der Waals surface area contributed by atoms with E-state index < -0.39 is 11.7 Å². The first-order valence-corrected chi connectivity index (χ1v) is 7.99. The number of carbonyl (C=O) groups is 1. The number of halogens is 3. The first-order chi connectivity index (χ1) is 11.8. The van der Waals surface area contributed by atoms with Gasteiger partial charge in [0.1, 0.15) is 0 Å². The molecule has 1 aliphatic heterocycles. The topological polar surface area (TPSA) is 29.5 Å². The molecule has 25 heavy (non-hydrogen) atoms. The third-order valence-corrected chi connectivity index (χ3v) is 4.35. The van der Waals surface area contributed by atoms with Crippen molar-refractivity contribution in [3.8, 4) is 0 Å². The zero-order chi connectivity index (χ0) is 18.0. The summed E-state index contributed by atoms with van der Waals surface area (Å²) in [6.45, 7) is 0. The van der Waals surface area contributed by atoms with Gasteiger partial charge >= 0.3 is 6.18 Å². The third kappa shape index (κ3) is 4.08. The van der Waals surface area contributed by atoms with E-state index in [1.54, 1.807) is 12.1 Å². The maximum Gasteiger partial charge on any atom is 0.416 e. The van der Waals surface area contributed by atoms with E-state index >= 15 is 0 Å². The average molecular weight is 349 g/mol. The normalized spacial score (nSPS) is 21.4. The lowest BCUT2D eigenvalue weighted by Crippen LogP contribution is -2.18. The quantitative estimate of drug-likeness (QED) is 0.752. The minimum absolute atomic E-state index is 0.0282. The van der Waals surface area contributed by atoms with Gasteiger partial charge in [0.2, 0.25) is 0 Å². The monoisotopic (exact) mass is 349 g/mol. The van der Waals surface area contributed by atoms with Crippen LogP contribution in [0.25, 0.3) is 0 Å². The lowest BCUT2D eigenvalue weighted by molar-refractivity contribution is -0.142. The molecule has 132 valence electrons. The number of carbonyl (C=O) groups excluding carboxylic acids is 1. The van der Waals surface area contributed by atoms with Gasteiger partial charge in [-0.3, -0.25) is 9.63 Å². The number of alkyl halides is 3. The third-order valence-electron chi connectivity index (χ3n) is 4.35. The number of ketones is 1. The van der Waals surface area contributed by atoms with Crippen molar-refractivity contribution in [1.82, 2.24) is 5.06 Å². The highest BCUT2D eigenvalue weighted by molar-refractivity contribution is 5.96. The highest BCUT2D eigenvalue weighted by Crippen LogP contribution is 2.35. The molecule has 2 atom stereocenters. The van der Waals surface area contributed by atoms with Crippen molar-refractivity contribution >= 4 is 5.78 Å². The molecule has 3 rings (SSSR count). The number of Topliss-reactive ketones (excluding diaryl/α,β-unsaturated/α-hetero) is 1. The number of nitrogens with zero attached hydrogens (tertiary/aromatic N) is 1. The minimum atomic E-state index is -4.46. The molecule has 0 amide bonds. The SMILES string of the molecule is CN1OC(CC(=O)c2cccc(C(F)(F)F)c2)CC1c1ccccc1. The minimum Gasteiger partial charge on any atom is -0.295 e. The molecule has 6 heteroatoms. The average Bonchev–Trinajstić information content (AvgIpc) is 2.95. The summed E-state index contributed by atoms with van der Waals surface area (Å²) in [7, 11) is 1.80. The molecule has 1 aliphatic rings. The van der Waals surface area contributed by atoms with Crippen LogP contribution < -0.4 is 0 Å². The van der Waals surface area contributed by atoms with E-state index in [-0.39, 0.29) is 29.9 Å². The van der Waals surface area contributed by atoms with Gasteiger partial charge in [0.15, 0.2) is 5.78 Å².